The maximum absolute atomic E-state index is 12.9. The molecule has 0 atom stereocenters. The van der Waals surface area contributed by atoms with E-state index >= 15 is 0 Å². The molecule has 4 aromatic rings. The Hall–Kier alpha value is -3.34. The number of aromatic nitrogens is 6. The number of nitrogens with zero attached hydrogens (tertiary/aromatic N) is 8. The molecule has 11 heteroatoms. The number of thiazole rings is 1. The molecule has 10 nitrogen and oxygen atoms in total. The quantitative estimate of drug-likeness (QED) is 0.507. The largest absolute Gasteiger partial charge is 0.355 e. The minimum absolute atomic E-state index is 0.0136. The van der Waals surface area contributed by atoms with Crippen LogP contribution < -0.4 is 15.1 Å². The van der Waals surface area contributed by atoms with Gasteiger partial charge in [0.2, 0.25) is 5.91 Å². The van der Waals surface area contributed by atoms with Crippen LogP contribution in [0.5, 0.6) is 0 Å². The van der Waals surface area contributed by atoms with Crippen molar-refractivity contribution >= 4 is 49.7 Å². The Bertz CT molecular complexity index is 1270. The van der Waals surface area contributed by atoms with Crippen molar-refractivity contribution in [2.24, 2.45) is 5.92 Å². The van der Waals surface area contributed by atoms with Crippen molar-refractivity contribution in [3.05, 3.63) is 30.3 Å². The number of hydrogen-bond acceptors (Lipinski definition) is 9. The van der Waals surface area contributed by atoms with Crippen LogP contribution in [0, 0.1) is 5.92 Å². The summed E-state index contributed by atoms with van der Waals surface area (Å²) in [6.45, 7) is 3.71. The number of hydrogen-bond donors (Lipinski definition) is 1. The molecule has 1 amide bonds. The van der Waals surface area contributed by atoms with Crippen LogP contribution in [0.4, 0.5) is 16.6 Å². The van der Waals surface area contributed by atoms with Crippen LogP contribution in [-0.4, -0.2) is 62.3 Å². The van der Waals surface area contributed by atoms with Crippen molar-refractivity contribution in [3.8, 4) is 0 Å². The van der Waals surface area contributed by atoms with Crippen molar-refractivity contribution < 1.29 is 4.79 Å². The van der Waals surface area contributed by atoms with Gasteiger partial charge in [-0.2, -0.15) is 0 Å². The van der Waals surface area contributed by atoms with Gasteiger partial charge >= 0.3 is 0 Å². The summed E-state index contributed by atoms with van der Waals surface area (Å²) in [5.74, 6) is 0.894. The number of fused-ring (bicyclic) bond motifs is 2. The SMILES string of the molecule is O=C(Nc1ccc2nc(N3CCCC3)sc2c1)C1CCN(c2ccc3nnnn3n2)CC1. The maximum atomic E-state index is 12.9. The van der Waals surface area contributed by atoms with Gasteiger partial charge in [0.1, 0.15) is 0 Å². The monoisotopic (exact) mass is 449 g/mol. The van der Waals surface area contributed by atoms with Gasteiger partial charge in [0.05, 0.1) is 10.2 Å². The third kappa shape index (κ3) is 3.62. The fraction of sp³-hybridized carbons (Fsp3) is 0.429. The summed E-state index contributed by atoms with van der Waals surface area (Å²) >= 11 is 1.70. The summed E-state index contributed by atoms with van der Waals surface area (Å²) in [6.07, 6.45) is 4.03. The Morgan fingerprint density at radius 3 is 2.72 bits per heavy atom. The van der Waals surface area contributed by atoms with E-state index in [1.807, 2.05) is 30.3 Å². The van der Waals surface area contributed by atoms with Crippen LogP contribution in [-0.2, 0) is 4.79 Å². The van der Waals surface area contributed by atoms with Gasteiger partial charge in [-0.05, 0) is 66.4 Å². The van der Waals surface area contributed by atoms with Crippen LogP contribution in [0.2, 0.25) is 0 Å². The first-order valence-electron chi connectivity index (χ1n) is 11.0. The highest BCUT2D eigenvalue weighted by Gasteiger charge is 2.26. The lowest BCUT2D eigenvalue weighted by Gasteiger charge is -2.31. The number of nitrogens with one attached hydrogen (secondary N) is 1. The predicted octanol–water partition coefficient (Wildman–Crippen LogP) is 2.58. The van der Waals surface area contributed by atoms with Gasteiger partial charge in [-0.3, -0.25) is 4.79 Å². The first-order chi connectivity index (χ1) is 15.7. The molecular weight excluding hydrogens is 426 g/mol. The topological polar surface area (TPSA) is 104 Å². The molecule has 2 aliphatic rings. The standard InChI is InChI=1S/C21H23N9OS/c31-20(14-7-11-28(12-8-14)19-6-5-18-24-26-27-30(18)25-19)22-15-3-4-16-17(13-15)32-21(23-16)29-9-1-2-10-29/h3-6,13-14H,1-2,7-12H2,(H,22,31). The zero-order valence-electron chi connectivity index (χ0n) is 17.5. The third-order valence-corrected chi connectivity index (χ3v) is 7.35. The molecular formula is C21H23N9OS. The van der Waals surface area contributed by atoms with Gasteiger partial charge in [-0.1, -0.05) is 11.3 Å². The third-order valence-electron chi connectivity index (χ3n) is 6.27. The van der Waals surface area contributed by atoms with Gasteiger partial charge in [0.15, 0.2) is 16.6 Å². The van der Waals surface area contributed by atoms with Crippen molar-refractivity contribution in [3.63, 3.8) is 0 Å². The van der Waals surface area contributed by atoms with Crippen molar-refractivity contribution in [2.75, 3.05) is 41.3 Å². The normalized spacial score (nSPS) is 17.5. The molecule has 1 N–H and O–H groups in total. The molecule has 5 heterocycles. The average Bonchev–Trinajstić information content (AvgIpc) is 3.58. The fourth-order valence-corrected chi connectivity index (χ4v) is 5.51. The Kier molecular flexibility index (Phi) is 4.82. The molecule has 2 fully saturated rings. The molecule has 32 heavy (non-hydrogen) atoms. The van der Waals surface area contributed by atoms with Crippen molar-refractivity contribution in [2.45, 2.75) is 25.7 Å². The highest BCUT2D eigenvalue weighted by atomic mass is 32.1. The van der Waals surface area contributed by atoms with Gasteiger partial charge < -0.3 is 15.1 Å². The second-order valence-electron chi connectivity index (χ2n) is 8.34. The highest BCUT2D eigenvalue weighted by molar-refractivity contribution is 7.22. The minimum atomic E-state index is -0.0136. The Morgan fingerprint density at radius 1 is 1.03 bits per heavy atom. The molecule has 2 aliphatic heterocycles. The number of tetrazole rings is 1. The molecule has 0 aliphatic carbocycles. The molecule has 3 aromatic heterocycles. The van der Waals surface area contributed by atoms with E-state index < -0.39 is 0 Å². The van der Waals surface area contributed by atoms with E-state index in [4.69, 9.17) is 4.98 Å². The summed E-state index contributed by atoms with van der Waals surface area (Å²) in [7, 11) is 0. The molecule has 2 saturated heterocycles. The Morgan fingerprint density at radius 2 is 1.88 bits per heavy atom. The second kappa shape index (κ2) is 7.97. The van der Waals surface area contributed by atoms with Gasteiger partial charge in [0, 0.05) is 37.8 Å². The summed E-state index contributed by atoms with van der Waals surface area (Å²) in [5, 5.41) is 20.0. The number of piperidine rings is 1. The predicted molar refractivity (Wildman–Crippen MR) is 123 cm³/mol. The summed E-state index contributed by atoms with van der Waals surface area (Å²) < 4.78 is 2.54. The fourth-order valence-electron chi connectivity index (χ4n) is 4.46. The first-order valence-corrected chi connectivity index (χ1v) is 11.8. The smallest absolute Gasteiger partial charge is 0.227 e. The van der Waals surface area contributed by atoms with E-state index in [0.29, 0.717) is 5.65 Å². The average molecular weight is 450 g/mol. The number of benzene rings is 1. The summed E-state index contributed by atoms with van der Waals surface area (Å²) in [5.41, 5.74) is 2.45. The van der Waals surface area contributed by atoms with E-state index in [2.05, 4.69) is 35.7 Å². The van der Waals surface area contributed by atoms with E-state index in [0.717, 1.165) is 65.9 Å². The number of amides is 1. The highest BCUT2D eigenvalue weighted by Crippen LogP contribution is 2.32. The lowest BCUT2D eigenvalue weighted by Crippen LogP contribution is -2.38. The van der Waals surface area contributed by atoms with Crippen LogP contribution in [0.1, 0.15) is 25.7 Å². The van der Waals surface area contributed by atoms with E-state index in [1.54, 1.807) is 11.3 Å². The molecule has 0 radical (unpaired) electrons. The van der Waals surface area contributed by atoms with Gasteiger partial charge in [-0.25, -0.2) is 4.98 Å². The zero-order chi connectivity index (χ0) is 21.5. The van der Waals surface area contributed by atoms with Gasteiger partial charge in [0.25, 0.3) is 0 Å². The molecule has 0 bridgehead atoms. The molecule has 164 valence electrons. The van der Waals surface area contributed by atoms with Crippen molar-refractivity contribution in [1.29, 1.82) is 0 Å². The second-order valence-corrected chi connectivity index (χ2v) is 9.35. The van der Waals surface area contributed by atoms with Crippen molar-refractivity contribution in [1.82, 2.24) is 30.2 Å². The molecule has 6 rings (SSSR count). The zero-order valence-corrected chi connectivity index (χ0v) is 18.3. The van der Waals surface area contributed by atoms with Crippen LogP contribution in [0.15, 0.2) is 30.3 Å². The minimum Gasteiger partial charge on any atom is -0.355 e. The van der Waals surface area contributed by atoms with Gasteiger partial charge in [-0.15, -0.1) is 14.8 Å². The Labute approximate surface area is 188 Å². The molecule has 1 aromatic carbocycles. The van der Waals surface area contributed by atoms with E-state index in [-0.39, 0.29) is 11.8 Å². The maximum Gasteiger partial charge on any atom is 0.227 e. The molecule has 0 saturated carbocycles. The molecule has 0 spiro atoms. The number of carbonyl (C=O) groups is 1. The van der Waals surface area contributed by atoms with E-state index in [1.165, 1.54) is 17.5 Å². The lowest BCUT2D eigenvalue weighted by atomic mass is 9.96. The van der Waals surface area contributed by atoms with Crippen LogP contribution in [0.25, 0.3) is 15.9 Å². The number of anilines is 3. The number of rotatable bonds is 4. The first kappa shape index (κ1) is 19.4. The number of carbonyl (C=O) groups excluding carboxylic acids is 1. The van der Waals surface area contributed by atoms with E-state index in [9.17, 15) is 4.79 Å². The summed E-state index contributed by atoms with van der Waals surface area (Å²) in [4.78, 5) is 22.2. The van der Waals surface area contributed by atoms with Crippen LogP contribution in [0.3, 0.4) is 0 Å². The van der Waals surface area contributed by atoms with Crippen LogP contribution >= 0.6 is 11.3 Å². The summed E-state index contributed by atoms with van der Waals surface area (Å²) in [6, 6.07) is 9.78. The molecule has 0 unspecified atom stereocenters. The lowest BCUT2D eigenvalue weighted by molar-refractivity contribution is -0.120. The Balaban J connectivity index is 1.09.